The number of piperazine rings is 1. The molecule has 1 aliphatic heterocycles. The standard InChI is InChI=1S/C26H26ClN3O2/c1-19-18-22(27)12-13-23(19)28-25(31)26(32)30-16-14-29(15-17-30)24(20-8-4-2-5-9-20)21-10-6-3-7-11-21/h2-13,18,24H,14-17H2,1H3,(H,28,31). The van der Waals surface area contributed by atoms with E-state index >= 15 is 0 Å². The number of halogens is 1. The molecule has 1 fully saturated rings. The first kappa shape index (κ1) is 22.1. The summed E-state index contributed by atoms with van der Waals surface area (Å²) in [6.07, 6.45) is 0. The third kappa shape index (κ3) is 5.01. The summed E-state index contributed by atoms with van der Waals surface area (Å²) >= 11 is 5.97. The van der Waals surface area contributed by atoms with E-state index in [4.69, 9.17) is 11.6 Å². The highest BCUT2D eigenvalue weighted by Gasteiger charge is 2.30. The van der Waals surface area contributed by atoms with Crippen LogP contribution in [0, 0.1) is 6.92 Å². The Morgan fingerprint density at radius 3 is 1.94 bits per heavy atom. The normalized spacial score (nSPS) is 14.4. The molecule has 5 nitrogen and oxygen atoms in total. The number of aryl methyl sites for hydroxylation is 1. The van der Waals surface area contributed by atoms with Gasteiger partial charge in [0.1, 0.15) is 0 Å². The topological polar surface area (TPSA) is 52.7 Å². The fourth-order valence-electron chi connectivity index (χ4n) is 4.15. The van der Waals surface area contributed by atoms with E-state index in [1.165, 1.54) is 11.1 Å². The summed E-state index contributed by atoms with van der Waals surface area (Å²) in [5, 5.41) is 3.31. The Morgan fingerprint density at radius 2 is 1.41 bits per heavy atom. The molecule has 0 aliphatic carbocycles. The Kier molecular flexibility index (Phi) is 6.88. The third-order valence-electron chi connectivity index (χ3n) is 5.83. The van der Waals surface area contributed by atoms with E-state index < -0.39 is 11.8 Å². The first-order valence-corrected chi connectivity index (χ1v) is 11.1. The molecule has 1 heterocycles. The molecule has 1 saturated heterocycles. The van der Waals surface area contributed by atoms with Crippen molar-refractivity contribution in [3.05, 3.63) is 101 Å². The molecule has 3 aromatic rings. The maximum atomic E-state index is 12.8. The molecule has 6 heteroatoms. The highest BCUT2D eigenvalue weighted by Crippen LogP contribution is 2.29. The lowest BCUT2D eigenvalue weighted by atomic mass is 9.96. The van der Waals surface area contributed by atoms with Gasteiger partial charge in [-0.25, -0.2) is 0 Å². The Morgan fingerprint density at radius 1 is 0.844 bits per heavy atom. The Bertz CT molecular complexity index is 1040. The number of rotatable bonds is 4. The van der Waals surface area contributed by atoms with Gasteiger partial charge in [-0.2, -0.15) is 0 Å². The molecule has 0 unspecified atom stereocenters. The number of nitrogens with one attached hydrogen (secondary N) is 1. The van der Waals surface area contributed by atoms with Gasteiger partial charge in [0.25, 0.3) is 0 Å². The minimum Gasteiger partial charge on any atom is -0.332 e. The molecule has 164 valence electrons. The van der Waals surface area contributed by atoms with E-state index in [9.17, 15) is 9.59 Å². The number of hydrogen-bond acceptors (Lipinski definition) is 3. The van der Waals surface area contributed by atoms with Gasteiger partial charge in [-0.1, -0.05) is 72.3 Å². The SMILES string of the molecule is Cc1cc(Cl)ccc1NC(=O)C(=O)N1CCN(C(c2ccccc2)c2ccccc2)CC1. The predicted octanol–water partition coefficient (Wildman–Crippen LogP) is 4.52. The first-order valence-electron chi connectivity index (χ1n) is 10.7. The van der Waals surface area contributed by atoms with Crippen LogP contribution in [-0.2, 0) is 9.59 Å². The quantitative estimate of drug-likeness (QED) is 0.598. The highest BCUT2D eigenvalue weighted by atomic mass is 35.5. The highest BCUT2D eigenvalue weighted by molar-refractivity contribution is 6.39. The number of benzene rings is 3. The van der Waals surface area contributed by atoms with Crippen molar-refractivity contribution in [2.24, 2.45) is 0 Å². The molecule has 0 spiro atoms. The van der Waals surface area contributed by atoms with Crippen molar-refractivity contribution in [1.29, 1.82) is 0 Å². The molecule has 1 N–H and O–H groups in total. The van der Waals surface area contributed by atoms with Crippen molar-refractivity contribution in [3.8, 4) is 0 Å². The van der Waals surface area contributed by atoms with Crippen LogP contribution in [0.25, 0.3) is 0 Å². The summed E-state index contributed by atoms with van der Waals surface area (Å²) in [7, 11) is 0. The molecule has 32 heavy (non-hydrogen) atoms. The summed E-state index contributed by atoms with van der Waals surface area (Å²) in [5.41, 5.74) is 3.85. The fraction of sp³-hybridized carbons (Fsp3) is 0.231. The zero-order valence-corrected chi connectivity index (χ0v) is 18.8. The van der Waals surface area contributed by atoms with Gasteiger partial charge < -0.3 is 10.2 Å². The largest absolute Gasteiger partial charge is 0.332 e. The molecular weight excluding hydrogens is 422 g/mol. The molecule has 0 atom stereocenters. The molecule has 0 saturated carbocycles. The summed E-state index contributed by atoms with van der Waals surface area (Å²) in [6, 6.07) is 26.1. The maximum Gasteiger partial charge on any atom is 0.313 e. The lowest BCUT2D eigenvalue weighted by molar-refractivity contribution is -0.144. The number of carbonyl (C=O) groups is 2. The second kappa shape index (κ2) is 9.98. The molecular formula is C26H26ClN3O2. The van der Waals surface area contributed by atoms with Gasteiger partial charge in [-0.05, 0) is 41.8 Å². The van der Waals surface area contributed by atoms with Gasteiger partial charge in [0.15, 0.2) is 0 Å². The lowest BCUT2D eigenvalue weighted by Crippen LogP contribution is -2.52. The van der Waals surface area contributed by atoms with Crippen LogP contribution in [0.1, 0.15) is 22.7 Å². The average molecular weight is 448 g/mol. The lowest BCUT2D eigenvalue weighted by Gasteiger charge is -2.39. The minimum atomic E-state index is -0.619. The summed E-state index contributed by atoms with van der Waals surface area (Å²) in [6.45, 7) is 4.23. The predicted molar refractivity (Wildman–Crippen MR) is 128 cm³/mol. The van der Waals surface area contributed by atoms with E-state index in [2.05, 4.69) is 34.5 Å². The van der Waals surface area contributed by atoms with E-state index in [0.717, 1.165) is 5.56 Å². The Hall–Kier alpha value is -3.15. The fourth-order valence-corrected chi connectivity index (χ4v) is 4.38. The Balaban J connectivity index is 1.43. The van der Waals surface area contributed by atoms with Gasteiger partial charge in [0, 0.05) is 36.9 Å². The van der Waals surface area contributed by atoms with Gasteiger partial charge in [0.05, 0.1) is 6.04 Å². The minimum absolute atomic E-state index is 0.111. The number of nitrogens with zero attached hydrogens (tertiary/aromatic N) is 2. The summed E-state index contributed by atoms with van der Waals surface area (Å²) in [5.74, 6) is -1.12. The maximum absolute atomic E-state index is 12.8. The summed E-state index contributed by atoms with van der Waals surface area (Å²) < 4.78 is 0. The van der Waals surface area contributed by atoms with Crippen molar-refractivity contribution < 1.29 is 9.59 Å². The number of anilines is 1. The first-order chi connectivity index (χ1) is 15.5. The molecule has 1 aliphatic rings. The second-order valence-corrected chi connectivity index (χ2v) is 8.40. The van der Waals surface area contributed by atoms with Gasteiger partial charge in [-0.3, -0.25) is 14.5 Å². The van der Waals surface area contributed by atoms with Crippen LogP contribution in [0.3, 0.4) is 0 Å². The monoisotopic (exact) mass is 447 g/mol. The summed E-state index contributed by atoms with van der Waals surface area (Å²) in [4.78, 5) is 29.3. The van der Waals surface area contributed by atoms with Gasteiger partial charge in [-0.15, -0.1) is 0 Å². The second-order valence-electron chi connectivity index (χ2n) is 7.97. The van der Waals surface area contributed by atoms with Crippen LogP contribution < -0.4 is 5.32 Å². The van der Waals surface area contributed by atoms with Crippen LogP contribution in [0.15, 0.2) is 78.9 Å². The molecule has 0 bridgehead atoms. The van der Waals surface area contributed by atoms with Crippen LogP contribution in [0.2, 0.25) is 5.02 Å². The smallest absolute Gasteiger partial charge is 0.313 e. The van der Waals surface area contributed by atoms with Gasteiger partial charge >= 0.3 is 11.8 Å². The zero-order chi connectivity index (χ0) is 22.5. The van der Waals surface area contributed by atoms with Crippen LogP contribution >= 0.6 is 11.6 Å². The van der Waals surface area contributed by atoms with E-state index in [1.54, 1.807) is 23.1 Å². The molecule has 4 rings (SSSR count). The van der Waals surface area contributed by atoms with E-state index in [1.807, 2.05) is 43.3 Å². The van der Waals surface area contributed by atoms with Crippen LogP contribution in [0.5, 0.6) is 0 Å². The molecule has 0 aromatic heterocycles. The van der Waals surface area contributed by atoms with Crippen LogP contribution in [0.4, 0.5) is 5.69 Å². The number of carbonyl (C=O) groups excluding carboxylic acids is 2. The Labute approximate surface area is 193 Å². The number of hydrogen-bond donors (Lipinski definition) is 1. The van der Waals surface area contributed by atoms with Crippen molar-refractivity contribution in [1.82, 2.24) is 9.80 Å². The van der Waals surface area contributed by atoms with Crippen LogP contribution in [-0.4, -0.2) is 47.8 Å². The number of amides is 2. The van der Waals surface area contributed by atoms with Crippen molar-refractivity contribution in [2.45, 2.75) is 13.0 Å². The van der Waals surface area contributed by atoms with E-state index in [0.29, 0.717) is 36.9 Å². The molecule has 2 amide bonds. The zero-order valence-electron chi connectivity index (χ0n) is 18.0. The van der Waals surface area contributed by atoms with Gasteiger partial charge in [0.2, 0.25) is 0 Å². The molecule has 0 radical (unpaired) electrons. The van der Waals surface area contributed by atoms with Crippen molar-refractivity contribution >= 4 is 29.1 Å². The van der Waals surface area contributed by atoms with Crippen molar-refractivity contribution in [3.63, 3.8) is 0 Å². The van der Waals surface area contributed by atoms with E-state index in [-0.39, 0.29) is 6.04 Å². The average Bonchev–Trinajstić information content (AvgIpc) is 2.82. The molecule has 3 aromatic carbocycles. The third-order valence-corrected chi connectivity index (χ3v) is 6.06. The van der Waals surface area contributed by atoms with Crippen molar-refractivity contribution in [2.75, 3.05) is 31.5 Å².